The van der Waals surface area contributed by atoms with Crippen LogP contribution in [0.15, 0.2) is 83.7 Å². The highest BCUT2D eigenvalue weighted by Crippen LogP contribution is 2.39. The van der Waals surface area contributed by atoms with Crippen molar-refractivity contribution in [2.24, 2.45) is 0 Å². The van der Waals surface area contributed by atoms with E-state index in [9.17, 15) is 10.1 Å². The zero-order chi connectivity index (χ0) is 22.1. The van der Waals surface area contributed by atoms with Gasteiger partial charge >= 0.3 is 11.6 Å². The van der Waals surface area contributed by atoms with Gasteiger partial charge in [0.05, 0.1) is 4.92 Å². The van der Waals surface area contributed by atoms with Crippen molar-refractivity contribution in [2.75, 3.05) is 5.32 Å². The number of nitrogens with one attached hydrogen (secondary N) is 1. The number of fused-ring (bicyclic) bond motifs is 2. The number of anilines is 2. The van der Waals surface area contributed by atoms with Crippen molar-refractivity contribution in [3.05, 3.63) is 93.8 Å². The first-order valence-electron chi connectivity index (χ1n) is 9.57. The first-order valence-corrected chi connectivity index (χ1v) is 10.4. The lowest BCUT2D eigenvalue weighted by molar-refractivity contribution is -0.385. The Morgan fingerprint density at radius 3 is 2.59 bits per heavy atom. The second-order valence-electron chi connectivity index (χ2n) is 6.83. The summed E-state index contributed by atoms with van der Waals surface area (Å²) in [5, 5.41) is 17.8. The summed E-state index contributed by atoms with van der Waals surface area (Å²) in [7, 11) is 0. The van der Waals surface area contributed by atoms with Gasteiger partial charge in [-0.05, 0) is 29.7 Å². The Balaban J connectivity index is 1.59. The number of ether oxygens (including phenoxy) is 1. The normalized spacial score (nSPS) is 10.9. The van der Waals surface area contributed by atoms with Gasteiger partial charge in [0.1, 0.15) is 11.8 Å². The minimum atomic E-state index is -0.558. The number of pyridine rings is 1. The predicted octanol–water partition coefficient (Wildman–Crippen LogP) is 6.38. The van der Waals surface area contributed by atoms with Crippen LogP contribution < -0.4 is 10.1 Å². The number of hydrogen-bond donors (Lipinski definition) is 1. The molecule has 156 valence electrons. The van der Waals surface area contributed by atoms with E-state index in [1.807, 2.05) is 48.5 Å². The highest BCUT2D eigenvalue weighted by Gasteiger charge is 2.26. The highest BCUT2D eigenvalue weighted by molar-refractivity contribution is 9.10. The van der Waals surface area contributed by atoms with Gasteiger partial charge in [-0.25, -0.2) is 4.98 Å². The van der Waals surface area contributed by atoms with Crippen molar-refractivity contribution in [1.82, 2.24) is 15.0 Å². The number of nitrogens with zero attached hydrogens (tertiary/aromatic N) is 4. The summed E-state index contributed by atoms with van der Waals surface area (Å²) in [6.07, 6.45) is 2.85. The van der Waals surface area contributed by atoms with Crippen molar-refractivity contribution in [1.29, 1.82) is 0 Å². The van der Waals surface area contributed by atoms with Crippen LogP contribution in [0.4, 0.5) is 17.2 Å². The summed E-state index contributed by atoms with van der Waals surface area (Å²) in [5.41, 5.74) is 0.873. The molecule has 0 radical (unpaired) electrons. The Hall–Kier alpha value is -4.11. The summed E-state index contributed by atoms with van der Waals surface area (Å²) in [6, 6.07) is 20.6. The van der Waals surface area contributed by atoms with Crippen molar-refractivity contribution >= 4 is 54.8 Å². The molecule has 3 aromatic carbocycles. The Morgan fingerprint density at radius 2 is 1.72 bits per heavy atom. The topological polar surface area (TPSA) is 103 Å². The van der Waals surface area contributed by atoms with Gasteiger partial charge in [0.25, 0.3) is 0 Å². The maximum Gasteiger partial charge on any atom is 0.373 e. The second kappa shape index (κ2) is 8.20. The third-order valence-electron chi connectivity index (χ3n) is 4.90. The second-order valence-corrected chi connectivity index (χ2v) is 7.69. The van der Waals surface area contributed by atoms with Crippen molar-refractivity contribution < 1.29 is 9.66 Å². The van der Waals surface area contributed by atoms with Gasteiger partial charge in [-0.15, -0.1) is 0 Å². The molecule has 0 bridgehead atoms. The average molecular weight is 488 g/mol. The Morgan fingerprint density at radius 1 is 0.906 bits per heavy atom. The van der Waals surface area contributed by atoms with Crippen LogP contribution in [0.5, 0.6) is 11.6 Å². The quantitative estimate of drug-likeness (QED) is 0.226. The Bertz CT molecular complexity index is 1490. The number of rotatable bonds is 5. The summed E-state index contributed by atoms with van der Waals surface area (Å²) < 4.78 is 6.73. The zero-order valence-electron chi connectivity index (χ0n) is 16.4. The maximum atomic E-state index is 12.0. The van der Waals surface area contributed by atoms with Crippen LogP contribution in [0.2, 0.25) is 0 Å². The van der Waals surface area contributed by atoms with Crippen LogP contribution in [-0.4, -0.2) is 19.9 Å². The molecule has 32 heavy (non-hydrogen) atoms. The summed E-state index contributed by atoms with van der Waals surface area (Å²) in [4.78, 5) is 23.9. The third-order valence-corrected chi connectivity index (χ3v) is 5.59. The number of aromatic nitrogens is 3. The van der Waals surface area contributed by atoms with Gasteiger partial charge in [0, 0.05) is 27.1 Å². The van der Waals surface area contributed by atoms with E-state index in [2.05, 4.69) is 36.2 Å². The summed E-state index contributed by atoms with van der Waals surface area (Å²) in [6.45, 7) is 0. The fourth-order valence-corrected chi connectivity index (χ4v) is 3.91. The molecule has 0 saturated heterocycles. The number of nitro groups is 1. The fourth-order valence-electron chi connectivity index (χ4n) is 3.45. The smallest absolute Gasteiger partial charge is 0.373 e. The van der Waals surface area contributed by atoms with Crippen LogP contribution in [0, 0.1) is 10.1 Å². The standard InChI is InChI=1S/C23H14BrN5O3/c24-17-10-11-19(20-16(17)8-4-12-25-20)32-23-21(29(30)31)22(26-13-27-23)28-18-9-3-6-14-5-1-2-7-15(14)18/h1-13H,(H,26,27,28). The molecule has 0 aliphatic rings. The molecule has 0 aliphatic heterocycles. The Labute approximate surface area is 190 Å². The first-order chi connectivity index (χ1) is 15.6. The molecule has 8 nitrogen and oxygen atoms in total. The monoisotopic (exact) mass is 487 g/mol. The van der Waals surface area contributed by atoms with Crippen LogP contribution in [-0.2, 0) is 0 Å². The van der Waals surface area contributed by atoms with Crippen molar-refractivity contribution in [3.63, 3.8) is 0 Å². The summed E-state index contributed by atoms with van der Waals surface area (Å²) in [5.74, 6) is 0.203. The highest BCUT2D eigenvalue weighted by atomic mass is 79.9. The molecule has 0 spiro atoms. The van der Waals surface area contributed by atoms with E-state index < -0.39 is 4.92 Å². The van der Waals surface area contributed by atoms with E-state index in [1.165, 1.54) is 6.33 Å². The van der Waals surface area contributed by atoms with Crippen LogP contribution in [0.3, 0.4) is 0 Å². The molecule has 1 N–H and O–H groups in total. The fraction of sp³-hybridized carbons (Fsp3) is 0. The Kier molecular flexibility index (Phi) is 5.08. The molecule has 9 heteroatoms. The molecule has 0 aliphatic carbocycles. The third kappa shape index (κ3) is 3.58. The maximum absolute atomic E-state index is 12.0. The van der Waals surface area contributed by atoms with E-state index in [0.717, 1.165) is 20.6 Å². The van der Waals surface area contributed by atoms with Crippen molar-refractivity contribution in [2.45, 2.75) is 0 Å². The lowest BCUT2D eigenvalue weighted by Crippen LogP contribution is -2.04. The molecule has 0 amide bonds. The molecule has 2 heterocycles. The lowest BCUT2D eigenvalue weighted by atomic mass is 10.1. The molecular formula is C23H14BrN5O3. The largest absolute Gasteiger partial charge is 0.431 e. The molecule has 0 saturated carbocycles. The molecule has 0 atom stereocenters. The average Bonchev–Trinajstić information content (AvgIpc) is 2.81. The van der Waals surface area contributed by atoms with Gasteiger partial charge in [-0.2, -0.15) is 4.98 Å². The molecule has 0 unspecified atom stereocenters. The number of hydrogen-bond acceptors (Lipinski definition) is 7. The van der Waals surface area contributed by atoms with Crippen LogP contribution in [0.1, 0.15) is 0 Å². The summed E-state index contributed by atoms with van der Waals surface area (Å²) >= 11 is 3.48. The van der Waals surface area contributed by atoms with E-state index in [4.69, 9.17) is 4.74 Å². The minimum absolute atomic E-state index is 0.0331. The molecule has 5 rings (SSSR count). The SMILES string of the molecule is O=[N+]([O-])c1c(Nc2cccc3ccccc23)ncnc1Oc1ccc(Br)c2cccnc12. The molecule has 5 aromatic rings. The van der Waals surface area contributed by atoms with Gasteiger partial charge < -0.3 is 10.1 Å². The molecule has 0 fully saturated rings. The lowest BCUT2D eigenvalue weighted by Gasteiger charge is -2.12. The zero-order valence-corrected chi connectivity index (χ0v) is 18.0. The molecule has 2 aromatic heterocycles. The minimum Gasteiger partial charge on any atom is -0.431 e. The van der Waals surface area contributed by atoms with Crippen LogP contribution in [0.25, 0.3) is 21.7 Å². The van der Waals surface area contributed by atoms with E-state index in [1.54, 1.807) is 24.4 Å². The van der Waals surface area contributed by atoms with E-state index in [0.29, 0.717) is 17.0 Å². The van der Waals surface area contributed by atoms with E-state index in [-0.39, 0.29) is 17.4 Å². The van der Waals surface area contributed by atoms with Gasteiger partial charge in [-0.1, -0.05) is 58.4 Å². The number of halogens is 1. The number of benzene rings is 3. The van der Waals surface area contributed by atoms with Gasteiger partial charge in [-0.3, -0.25) is 15.1 Å². The van der Waals surface area contributed by atoms with Crippen molar-refractivity contribution in [3.8, 4) is 11.6 Å². The molecular weight excluding hydrogens is 474 g/mol. The van der Waals surface area contributed by atoms with E-state index >= 15 is 0 Å². The predicted molar refractivity (Wildman–Crippen MR) is 125 cm³/mol. The van der Waals surface area contributed by atoms with Crippen LogP contribution >= 0.6 is 15.9 Å². The van der Waals surface area contributed by atoms with Gasteiger partial charge in [0.2, 0.25) is 5.82 Å². The van der Waals surface area contributed by atoms with Gasteiger partial charge in [0.15, 0.2) is 5.75 Å². The first kappa shape index (κ1) is 19.8.